The standard InChI is InChI=1S/C15H15Cl2N3O3S/c1-20(2)24(22,23)12-7-8-13(17)14(9-12)19-15(21)18-11-5-3-10(16)4-6-11/h3-9H,1-2H3,(H2,18,19,21). The number of rotatable bonds is 4. The summed E-state index contributed by atoms with van der Waals surface area (Å²) in [5.74, 6) is 0. The first-order chi connectivity index (χ1) is 11.2. The van der Waals surface area contributed by atoms with E-state index in [1.807, 2.05) is 0 Å². The highest BCUT2D eigenvalue weighted by Gasteiger charge is 2.19. The number of hydrogen-bond donors (Lipinski definition) is 2. The van der Waals surface area contributed by atoms with Gasteiger partial charge in [0.15, 0.2) is 0 Å². The minimum Gasteiger partial charge on any atom is -0.308 e. The highest BCUT2D eigenvalue weighted by molar-refractivity contribution is 7.89. The maximum atomic E-state index is 12.1. The van der Waals surface area contributed by atoms with Gasteiger partial charge in [-0.2, -0.15) is 0 Å². The van der Waals surface area contributed by atoms with Gasteiger partial charge in [0.25, 0.3) is 0 Å². The lowest BCUT2D eigenvalue weighted by atomic mass is 10.3. The first kappa shape index (κ1) is 18.5. The average Bonchev–Trinajstić information content (AvgIpc) is 2.51. The summed E-state index contributed by atoms with van der Waals surface area (Å²) in [6.07, 6.45) is 0. The molecule has 0 spiro atoms. The van der Waals surface area contributed by atoms with E-state index in [1.165, 1.54) is 32.3 Å². The summed E-state index contributed by atoms with van der Waals surface area (Å²) in [4.78, 5) is 12.1. The third-order valence-electron chi connectivity index (χ3n) is 3.07. The predicted molar refractivity (Wildman–Crippen MR) is 96.4 cm³/mol. The maximum Gasteiger partial charge on any atom is 0.323 e. The summed E-state index contributed by atoms with van der Waals surface area (Å²) in [7, 11) is -0.785. The fourth-order valence-electron chi connectivity index (χ4n) is 1.79. The molecular weight excluding hydrogens is 373 g/mol. The number of halogens is 2. The molecule has 0 aliphatic heterocycles. The van der Waals surface area contributed by atoms with Crippen molar-refractivity contribution in [3.63, 3.8) is 0 Å². The molecule has 0 aliphatic rings. The van der Waals surface area contributed by atoms with Crippen LogP contribution in [-0.4, -0.2) is 32.8 Å². The van der Waals surface area contributed by atoms with Gasteiger partial charge in [-0.25, -0.2) is 17.5 Å². The van der Waals surface area contributed by atoms with Crippen LogP contribution in [0, 0.1) is 0 Å². The largest absolute Gasteiger partial charge is 0.323 e. The summed E-state index contributed by atoms with van der Waals surface area (Å²) in [6, 6.07) is 10.1. The number of sulfonamides is 1. The van der Waals surface area contributed by atoms with E-state index in [0.29, 0.717) is 10.7 Å². The fraction of sp³-hybridized carbons (Fsp3) is 0.133. The molecule has 0 radical (unpaired) electrons. The van der Waals surface area contributed by atoms with Gasteiger partial charge in [-0.05, 0) is 42.5 Å². The van der Waals surface area contributed by atoms with Gasteiger partial charge in [0.05, 0.1) is 15.6 Å². The lowest BCUT2D eigenvalue weighted by molar-refractivity contribution is 0.262. The zero-order valence-electron chi connectivity index (χ0n) is 12.9. The van der Waals surface area contributed by atoms with E-state index in [1.54, 1.807) is 24.3 Å². The molecule has 0 atom stereocenters. The summed E-state index contributed by atoms with van der Waals surface area (Å²) in [5.41, 5.74) is 0.719. The SMILES string of the molecule is CN(C)S(=O)(=O)c1ccc(Cl)c(NC(=O)Nc2ccc(Cl)cc2)c1. The van der Waals surface area contributed by atoms with E-state index in [2.05, 4.69) is 10.6 Å². The van der Waals surface area contributed by atoms with E-state index in [4.69, 9.17) is 23.2 Å². The molecule has 128 valence electrons. The van der Waals surface area contributed by atoms with Crippen molar-refractivity contribution in [2.75, 3.05) is 24.7 Å². The molecule has 2 aromatic rings. The van der Waals surface area contributed by atoms with Crippen molar-refractivity contribution in [3.05, 3.63) is 52.5 Å². The number of nitrogens with zero attached hydrogens (tertiary/aromatic N) is 1. The zero-order chi connectivity index (χ0) is 17.9. The van der Waals surface area contributed by atoms with Crippen molar-refractivity contribution in [3.8, 4) is 0 Å². The number of benzene rings is 2. The van der Waals surface area contributed by atoms with Crippen LogP contribution in [0.4, 0.5) is 16.2 Å². The highest BCUT2D eigenvalue weighted by Crippen LogP contribution is 2.26. The van der Waals surface area contributed by atoms with Crippen molar-refractivity contribution in [2.45, 2.75) is 4.90 Å². The predicted octanol–water partition coefficient (Wildman–Crippen LogP) is 3.89. The molecule has 6 nitrogen and oxygen atoms in total. The molecular formula is C15H15Cl2N3O3S. The van der Waals surface area contributed by atoms with Gasteiger partial charge < -0.3 is 10.6 Å². The molecule has 24 heavy (non-hydrogen) atoms. The van der Waals surface area contributed by atoms with E-state index < -0.39 is 16.1 Å². The quantitative estimate of drug-likeness (QED) is 0.834. The first-order valence-corrected chi connectivity index (χ1v) is 8.95. The Morgan fingerprint density at radius 3 is 2.21 bits per heavy atom. The molecule has 0 heterocycles. The van der Waals surface area contributed by atoms with Crippen molar-refractivity contribution in [1.29, 1.82) is 0 Å². The number of urea groups is 1. The molecule has 0 bridgehead atoms. The Balaban J connectivity index is 2.20. The van der Waals surface area contributed by atoms with Crippen LogP contribution in [0.5, 0.6) is 0 Å². The van der Waals surface area contributed by atoms with E-state index >= 15 is 0 Å². The molecule has 2 N–H and O–H groups in total. The van der Waals surface area contributed by atoms with Gasteiger partial charge in [0.2, 0.25) is 10.0 Å². The Morgan fingerprint density at radius 1 is 1.00 bits per heavy atom. The van der Waals surface area contributed by atoms with Gasteiger partial charge in [0, 0.05) is 24.8 Å². The van der Waals surface area contributed by atoms with E-state index in [0.717, 1.165) is 4.31 Å². The average molecular weight is 388 g/mol. The maximum absolute atomic E-state index is 12.1. The van der Waals surface area contributed by atoms with E-state index in [-0.39, 0.29) is 15.6 Å². The van der Waals surface area contributed by atoms with Crippen LogP contribution in [0.1, 0.15) is 0 Å². The minimum atomic E-state index is -3.63. The molecule has 2 amide bonds. The number of nitrogens with one attached hydrogen (secondary N) is 2. The topological polar surface area (TPSA) is 78.5 Å². The van der Waals surface area contributed by atoms with Crippen molar-refractivity contribution in [1.82, 2.24) is 4.31 Å². The molecule has 2 rings (SSSR count). The van der Waals surface area contributed by atoms with Crippen molar-refractivity contribution in [2.24, 2.45) is 0 Å². The summed E-state index contributed by atoms with van der Waals surface area (Å²) < 4.78 is 25.4. The molecule has 0 aromatic heterocycles. The molecule has 2 aromatic carbocycles. The minimum absolute atomic E-state index is 0.0266. The second kappa shape index (κ2) is 7.40. The Labute approximate surface area is 150 Å². The Kier molecular flexibility index (Phi) is 5.71. The van der Waals surface area contributed by atoms with Gasteiger partial charge in [-0.15, -0.1) is 0 Å². The highest BCUT2D eigenvalue weighted by atomic mass is 35.5. The summed E-state index contributed by atoms with van der Waals surface area (Å²) in [6.45, 7) is 0. The van der Waals surface area contributed by atoms with Crippen molar-refractivity contribution >= 4 is 50.6 Å². The van der Waals surface area contributed by atoms with Gasteiger partial charge in [0.1, 0.15) is 0 Å². The fourth-order valence-corrected chi connectivity index (χ4v) is 3.01. The lowest BCUT2D eigenvalue weighted by Gasteiger charge is -2.14. The Bertz CT molecular complexity index is 853. The van der Waals surface area contributed by atoms with E-state index in [9.17, 15) is 13.2 Å². The van der Waals surface area contributed by atoms with Crippen molar-refractivity contribution < 1.29 is 13.2 Å². The normalized spacial score (nSPS) is 11.4. The van der Waals surface area contributed by atoms with Crippen LogP contribution in [0.15, 0.2) is 47.4 Å². The Hall–Kier alpha value is -1.80. The molecule has 0 aliphatic carbocycles. The zero-order valence-corrected chi connectivity index (χ0v) is 15.2. The van der Waals surface area contributed by atoms with Gasteiger partial charge in [-0.1, -0.05) is 23.2 Å². The molecule has 0 saturated heterocycles. The van der Waals surface area contributed by atoms with Gasteiger partial charge in [-0.3, -0.25) is 0 Å². The number of hydrogen-bond acceptors (Lipinski definition) is 3. The van der Waals surface area contributed by atoms with Crippen LogP contribution < -0.4 is 10.6 Å². The monoisotopic (exact) mass is 387 g/mol. The molecule has 0 saturated carbocycles. The summed E-state index contributed by atoms with van der Waals surface area (Å²) >= 11 is 11.8. The number of amides is 2. The van der Waals surface area contributed by atoms with Crippen LogP contribution in [0.3, 0.4) is 0 Å². The number of carbonyl (C=O) groups is 1. The number of carbonyl (C=O) groups excluding carboxylic acids is 1. The first-order valence-electron chi connectivity index (χ1n) is 6.76. The van der Waals surface area contributed by atoms with Crippen LogP contribution in [0.25, 0.3) is 0 Å². The molecule has 9 heteroatoms. The third-order valence-corrected chi connectivity index (χ3v) is 5.46. The van der Waals surface area contributed by atoms with Crippen LogP contribution in [-0.2, 0) is 10.0 Å². The van der Waals surface area contributed by atoms with Crippen LogP contribution in [0.2, 0.25) is 10.0 Å². The van der Waals surface area contributed by atoms with Crippen LogP contribution >= 0.6 is 23.2 Å². The molecule has 0 fully saturated rings. The second-order valence-electron chi connectivity index (χ2n) is 5.02. The molecule has 0 unspecified atom stereocenters. The summed E-state index contributed by atoms with van der Waals surface area (Å²) in [5, 5.41) is 5.89. The number of anilines is 2. The smallest absolute Gasteiger partial charge is 0.308 e. The second-order valence-corrected chi connectivity index (χ2v) is 8.01. The Morgan fingerprint density at radius 2 is 1.62 bits per heavy atom. The lowest BCUT2D eigenvalue weighted by Crippen LogP contribution is -2.23. The third kappa shape index (κ3) is 4.39. The van der Waals surface area contributed by atoms with Gasteiger partial charge >= 0.3 is 6.03 Å².